The van der Waals surface area contributed by atoms with Gasteiger partial charge in [-0.05, 0) is 37.8 Å². The van der Waals surface area contributed by atoms with Crippen molar-refractivity contribution in [3.8, 4) is 11.3 Å². The number of benzene rings is 1. The minimum atomic E-state index is -0.481. The van der Waals surface area contributed by atoms with Gasteiger partial charge in [-0.2, -0.15) is 0 Å². The van der Waals surface area contributed by atoms with Gasteiger partial charge in [0.15, 0.2) is 0 Å². The van der Waals surface area contributed by atoms with Crippen LogP contribution in [0.25, 0.3) is 11.3 Å². The molecule has 0 fully saturated rings. The van der Waals surface area contributed by atoms with Crippen molar-refractivity contribution in [1.82, 2.24) is 10.6 Å². The van der Waals surface area contributed by atoms with Gasteiger partial charge in [0.1, 0.15) is 5.76 Å². The second-order valence-corrected chi connectivity index (χ2v) is 7.07. The van der Waals surface area contributed by atoms with Gasteiger partial charge in [0.25, 0.3) is 5.91 Å². The Kier molecular flexibility index (Phi) is 10.6. The zero-order valence-electron chi connectivity index (χ0n) is 18.4. The number of nitrogens with one attached hydrogen (secondary N) is 2. The number of hydrogen-bond acceptors (Lipinski definition) is 4. The summed E-state index contributed by atoms with van der Waals surface area (Å²) in [6.07, 6.45) is 1.75. The van der Waals surface area contributed by atoms with Gasteiger partial charge in [-0.3, -0.25) is 4.79 Å². The molecule has 0 aliphatic heterocycles. The lowest BCUT2D eigenvalue weighted by Crippen LogP contribution is -2.27. The van der Waals surface area contributed by atoms with E-state index < -0.39 is 6.09 Å². The van der Waals surface area contributed by atoms with Gasteiger partial charge in [0.05, 0.1) is 17.9 Å². The molecule has 0 saturated heterocycles. The van der Waals surface area contributed by atoms with E-state index in [0.29, 0.717) is 23.8 Å². The molecule has 0 aliphatic rings. The maximum atomic E-state index is 12.5. The largest absolute Gasteiger partial charge is 0.463 e. The molecule has 6 nitrogen and oxygen atoms in total. The van der Waals surface area contributed by atoms with Gasteiger partial charge in [-0.15, -0.1) is 0 Å². The number of ether oxygens (including phenoxy) is 1. The van der Waals surface area contributed by atoms with Crippen molar-refractivity contribution >= 4 is 12.0 Å². The Morgan fingerprint density at radius 3 is 2.38 bits per heavy atom. The minimum Gasteiger partial charge on any atom is -0.463 e. The normalized spacial score (nSPS) is 10.3. The summed E-state index contributed by atoms with van der Waals surface area (Å²) >= 11 is 0. The second-order valence-electron chi connectivity index (χ2n) is 7.07. The van der Waals surface area contributed by atoms with Crippen molar-refractivity contribution in [3.63, 3.8) is 0 Å². The van der Waals surface area contributed by atoms with E-state index in [1.54, 1.807) is 19.9 Å². The van der Waals surface area contributed by atoms with Crippen LogP contribution in [-0.2, 0) is 11.3 Å². The van der Waals surface area contributed by atoms with E-state index in [0.717, 1.165) is 17.5 Å². The predicted molar refractivity (Wildman–Crippen MR) is 116 cm³/mol. The third-order valence-electron chi connectivity index (χ3n) is 3.95. The van der Waals surface area contributed by atoms with Crippen LogP contribution in [0.2, 0.25) is 0 Å². The minimum absolute atomic E-state index is 0.165. The second kappa shape index (κ2) is 12.6. The first kappa shape index (κ1) is 24.3. The fourth-order valence-electron chi connectivity index (χ4n) is 2.59. The first-order valence-electron chi connectivity index (χ1n) is 10.3. The molecule has 0 atom stereocenters. The molecule has 0 saturated carbocycles. The highest BCUT2D eigenvalue weighted by Crippen LogP contribution is 2.28. The van der Waals surface area contributed by atoms with E-state index in [-0.39, 0.29) is 18.6 Å². The van der Waals surface area contributed by atoms with Crippen LogP contribution in [0.5, 0.6) is 0 Å². The topological polar surface area (TPSA) is 80.6 Å². The van der Waals surface area contributed by atoms with E-state index in [9.17, 15) is 9.59 Å². The summed E-state index contributed by atoms with van der Waals surface area (Å²) in [6, 6.07) is 9.16. The lowest BCUT2D eigenvalue weighted by atomic mass is 10.0. The van der Waals surface area contributed by atoms with Gasteiger partial charge < -0.3 is 19.8 Å². The van der Waals surface area contributed by atoms with Crippen molar-refractivity contribution in [2.24, 2.45) is 5.92 Å². The molecule has 2 N–H and O–H groups in total. The van der Waals surface area contributed by atoms with E-state index in [1.165, 1.54) is 6.26 Å². The monoisotopic (exact) mass is 402 g/mol. The molecular weight excluding hydrogens is 368 g/mol. The summed E-state index contributed by atoms with van der Waals surface area (Å²) in [4.78, 5) is 24.3. The van der Waals surface area contributed by atoms with Crippen molar-refractivity contribution < 1.29 is 18.7 Å². The Morgan fingerprint density at radius 2 is 1.72 bits per heavy atom. The number of alkyl carbamates (subject to hydrolysis) is 1. The van der Waals surface area contributed by atoms with Crippen LogP contribution in [0.3, 0.4) is 0 Å². The molecule has 0 spiro atoms. The average Bonchev–Trinajstić information content (AvgIpc) is 3.17. The third-order valence-corrected chi connectivity index (χ3v) is 3.95. The highest BCUT2D eigenvalue weighted by atomic mass is 16.6. The summed E-state index contributed by atoms with van der Waals surface area (Å²) < 4.78 is 10.7. The third kappa shape index (κ3) is 8.02. The molecule has 1 aromatic heterocycles. The summed E-state index contributed by atoms with van der Waals surface area (Å²) in [6.45, 7) is 12.7. The molecule has 0 unspecified atom stereocenters. The predicted octanol–water partition coefficient (Wildman–Crippen LogP) is 5.38. The zero-order valence-corrected chi connectivity index (χ0v) is 18.4. The molecule has 2 amide bonds. The number of furan rings is 1. The summed E-state index contributed by atoms with van der Waals surface area (Å²) in [7, 11) is 0. The molecule has 2 rings (SSSR count). The maximum Gasteiger partial charge on any atom is 0.407 e. The number of rotatable bonds is 8. The van der Waals surface area contributed by atoms with E-state index in [4.69, 9.17) is 9.15 Å². The summed E-state index contributed by atoms with van der Waals surface area (Å²) in [5, 5.41) is 5.65. The molecule has 6 heteroatoms. The Hall–Kier alpha value is -2.76. The zero-order chi connectivity index (χ0) is 21.8. The fraction of sp³-hybridized carbons (Fsp3) is 0.478. The van der Waals surface area contributed by atoms with E-state index in [2.05, 4.69) is 24.5 Å². The fourth-order valence-corrected chi connectivity index (χ4v) is 2.59. The number of carbonyl (C=O) groups excluding carboxylic acids is 2. The Balaban J connectivity index is 0.00000204. The number of amides is 2. The summed E-state index contributed by atoms with van der Waals surface area (Å²) in [5.41, 5.74) is 2.08. The van der Waals surface area contributed by atoms with Gasteiger partial charge in [0, 0.05) is 18.7 Å². The molecule has 2 aromatic rings. The van der Waals surface area contributed by atoms with Crippen molar-refractivity contribution in [1.29, 1.82) is 0 Å². The van der Waals surface area contributed by atoms with Crippen molar-refractivity contribution in [2.75, 3.05) is 6.54 Å². The first-order chi connectivity index (χ1) is 13.9. The first-order valence-corrected chi connectivity index (χ1v) is 10.3. The van der Waals surface area contributed by atoms with Crippen LogP contribution >= 0.6 is 0 Å². The van der Waals surface area contributed by atoms with Crippen LogP contribution in [-0.4, -0.2) is 24.6 Å². The highest BCUT2D eigenvalue weighted by Gasteiger charge is 2.18. The standard InChI is InChI=1S/C21H28N2O4.C2H6/c1-14(2)9-11-22-20(24)18-10-12-26-19(18)17-8-6-5-7-16(17)13-23-21(25)27-15(3)4;1-2/h5-8,10,12,14-15H,9,11,13H2,1-4H3,(H,22,24)(H,23,25);1-2H3. The number of hydrogen-bond donors (Lipinski definition) is 2. The van der Waals surface area contributed by atoms with Crippen LogP contribution in [0.1, 0.15) is 63.9 Å². The Labute approximate surface area is 174 Å². The van der Waals surface area contributed by atoms with Crippen molar-refractivity contribution in [2.45, 2.75) is 60.6 Å². The smallest absolute Gasteiger partial charge is 0.407 e. The highest BCUT2D eigenvalue weighted by molar-refractivity contribution is 5.99. The van der Waals surface area contributed by atoms with E-state index in [1.807, 2.05) is 38.1 Å². The average molecular weight is 403 g/mol. The van der Waals surface area contributed by atoms with Crippen molar-refractivity contribution in [3.05, 3.63) is 47.7 Å². The van der Waals surface area contributed by atoms with Gasteiger partial charge in [-0.1, -0.05) is 52.0 Å². The molecule has 1 aromatic carbocycles. The van der Waals surface area contributed by atoms with Crippen LogP contribution in [0.4, 0.5) is 4.79 Å². The Bertz CT molecular complexity index is 766. The molecule has 1 heterocycles. The van der Waals surface area contributed by atoms with Crippen LogP contribution < -0.4 is 10.6 Å². The molecule has 29 heavy (non-hydrogen) atoms. The van der Waals surface area contributed by atoms with Crippen LogP contribution in [0.15, 0.2) is 41.0 Å². The van der Waals surface area contributed by atoms with Crippen LogP contribution in [0, 0.1) is 5.92 Å². The molecule has 0 bridgehead atoms. The van der Waals surface area contributed by atoms with E-state index >= 15 is 0 Å². The lowest BCUT2D eigenvalue weighted by molar-refractivity contribution is 0.0951. The SMILES string of the molecule is CC.CC(C)CCNC(=O)c1ccoc1-c1ccccc1CNC(=O)OC(C)C. The molecule has 0 radical (unpaired) electrons. The summed E-state index contributed by atoms with van der Waals surface area (Å²) in [5.74, 6) is 0.847. The maximum absolute atomic E-state index is 12.5. The lowest BCUT2D eigenvalue weighted by Gasteiger charge is -2.12. The van der Waals surface area contributed by atoms with Gasteiger partial charge >= 0.3 is 6.09 Å². The Morgan fingerprint density at radius 1 is 1.03 bits per heavy atom. The molecule has 0 aliphatic carbocycles. The number of carbonyl (C=O) groups is 2. The molecular formula is C23H34N2O4. The van der Waals surface area contributed by atoms with Gasteiger partial charge in [-0.25, -0.2) is 4.79 Å². The molecule has 160 valence electrons. The quantitative estimate of drug-likeness (QED) is 0.621. The van der Waals surface area contributed by atoms with Gasteiger partial charge in [0.2, 0.25) is 0 Å².